The van der Waals surface area contributed by atoms with E-state index in [0.717, 1.165) is 56.8 Å². The fourth-order valence-electron chi connectivity index (χ4n) is 4.41. The Hall–Kier alpha value is -1.40. The van der Waals surface area contributed by atoms with E-state index in [4.69, 9.17) is 10.5 Å². The number of ether oxygens (including phenoxy) is 1. The Morgan fingerprint density at radius 1 is 1.00 bits per heavy atom. The van der Waals surface area contributed by atoms with Crippen LogP contribution in [0.2, 0.25) is 0 Å². The number of nitrogens with two attached hydrogens (primary N) is 1. The van der Waals surface area contributed by atoms with Crippen molar-refractivity contribution in [3.8, 4) is 0 Å². The lowest BCUT2D eigenvalue weighted by Gasteiger charge is -2.27. The van der Waals surface area contributed by atoms with E-state index in [1.807, 2.05) is 0 Å². The standard InChI is InChI=1S/C18H29N5O/c19-18-20-16(14-6-11-24-13-14)12-17(21-18)23-8-3-7-22(9-10-23)15-4-1-2-5-15/h12,14-15H,1-11,13H2,(H2,19,20,21). The first kappa shape index (κ1) is 16.1. The van der Waals surface area contributed by atoms with Gasteiger partial charge >= 0.3 is 0 Å². The molecule has 1 aromatic rings. The van der Waals surface area contributed by atoms with Gasteiger partial charge in [-0.2, -0.15) is 4.98 Å². The van der Waals surface area contributed by atoms with Crippen molar-refractivity contribution in [2.45, 2.75) is 50.5 Å². The number of hydrogen-bond acceptors (Lipinski definition) is 6. The summed E-state index contributed by atoms with van der Waals surface area (Å²) in [7, 11) is 0. The van der Waals surface area contributed by atoms with Crippen LogP contribution in [0.25, 0.3) is 0 Å². The van der Waals surface area contributed by atoms with Crippen molar-refractivity contribution in [1.29, 1.82) is 0 Å². The van der Waals surface area contributed by atoms with Gasteiger partial charge in [0.1, 0.15) is 5.82 Å². The Bertz CT molecular complexity index is 554. The second kappa shape index (κ2) is 7.23. The zero-order valence-electron chi connectivity index (χ0n) is 14.5. The summed E-state index contributed by atoms with van der Waals surface area (Å²) in [5.74, 6) is 1.76. The Kier molecular flexibility index (Phi) is 4.85. The van der Waals surface area contributed by atoms with Crippen LogP contribution in [-0.2, 0) is 4.74 Å². The van der Waals surface area contributed by atoms with Gasteiger partial charge in [0.2, 0.25) is 5.95 Å². The van der Waals surface area contributed by atoms with Gasteiger partial charge in [0.25, 0.3) is 0 Å². The molecule has 3 fully saturated rings. The molecule has 0 radical (unpaired) electrons. The Morgan fingerprint density at radius 3 is 2.67 bits per heavy atom. The summed E-state index contributed by atoms with van der Waals surface area (Å²) in [6, 6.07) is 2.95. The Balaban J connectivity index is 1.46. The van der Waals surface area contributed by atoms with Crippen LogP contribution in [0.1, 0.15) is 50.1 Å². The number of anilines is 2. The van der Waals surface area contributed by atoms with E-state index in [-0.39, 0.29) is 0 Å². The molecule has 2 saturated heterocycles. The van der Waals surface area contributed by atoms with Crippen LogP contribution >= 0.6 is 0 Å². The van der Waals surface area contributed by atoms with Gasteiger partial charge in [-0.05, 0) is 25.7 Å². The van der Waals surface area contributed by atoms with E-state index < -0.39 is 0 Å². The predicted octanol–water partition coefficient (Wildman–Crippen LogP) is 2.02. The molecule has 6 heteroatoms. The Labute approximate surface area is 144 Å². The molecule has 1 saturated carbocycles. The summed E-state index contributed by atoms with van der Waals surface area (Å²) in [5, 5.41) is 0. The monoisotopic (exact) mass is 331 g/mol. The normalized spacial score (nSPS) is 26.8. The lowest BCUT2D eigenvalue weighted by atomic mass is 10.0. The predicted molar refractivity (Wildman–Crippen MR) is 95.3 cm³/mol. The van der Waals surface area contributed by atoms with Crippen LogP contribution in [-0.4, -0.2) is 60.3 Å². The van der Waals surface area contributed by atoms with Crippen LogP contribution in [0.5, 0.6) is 0 Å². The maximum absolute atomic E-state index is 6.00. The number of hydrogen-bond donors (Lipinski definition) is 1. The second-order valence-corrected chi connectivity index (χ2v) is 7.38. The van der Waals surface area contributed by atoms with E-state index in [2.05, 4.69) is 25.8 Å². The molecule has 1 aromatic heterocycles. The van der Waals surface area contributed by atoms with Crippen molar-refractivity contribution in [1.82, 2.24) is 14.9 Å². The maximum atomic E-state index is 6.00. The third-order valence-corrected chi connectivity index (χ3v) is 5.79. The van der Waals surface area contributed by atoms with Crippen LogP contribution < -0.4 is 10.6 Å². The fraction of sp³-hybridized carbons (Fsp3) is 0.778. The molecule has 4 rings (SSSR count). The summed E-state index contributed by atoms with van der Waals surface area (Å²) in [5.41, 5.74) is 7.05. The molecule has 24 heavy (non-hydrogen) atoms. The third-order valence-electron chi connectivity index (χ3n) is 5.79. The highest BCUT2D eigenvalue weighted by Gasteiger charge is 2.26. The number of nitrogen functional groups attached to an aromatic ring is 1. The first-order valence-corrected chi connectivity index (χ1v) is 9.51. The minimum atomic E-state index is 0.371. The van der Waals surface area contributed by atoms with Gasteiger partial charge in [-0.1, -0.05) is 12.8 Å². The van der Waals surface area contributed by atoms with E-state index in [1.54, 1.807) is 0 Å². The topological polar surface area (TPSA) is 67.5 Å². The molecule has 0 aromatic carbocycles. The van der Waals surface area contributed by atoms with Crippen molar-refractivity contribution in [2.24, 2.45) is 0 Å². The lowest BCUT2D eigenvalue weighted by molar-refractivity contribution is 0.193. The molecule has 0 amide bonds. The maximum Gasteiger partial charge on any atom is 0.222 e. The number of rotatable bonds is 3. The lowest BCUT2D eigenvalue weighted by Crippen LogP contribution is -2.37. The summed E-state index contributed by atoms with van der Waals surface area (Å²) < 4.78 is 5.51. The van der Waals surface area contributed by atoms with Crippen LogP contribution in [0.4, 0.5) is 11.8 Å². The largest absolute Gasteiger partial charge is 0.381 e. The molecule has 0 bridgehead atoms. The van der Waals surface area contributed by atoms with Crippen molar-refractivity contribution in [2.75, 3.05) is 50.0 Å². The van der Waals surface area contributed by atoms with Gasteiger partial charge < -0.3 is 15.4 Å². The van der Waals surface area contributed by atoms with Crippen molar-refractivity contribution in [3.05, 3.63) is 11.8 Å². The molecule has 1 atom stereocenters. The van der Waals surface area contributed by atoms with Gasteiger partial charge in [0.15, 0.2) is 0 Å². The van der Waals surface area contributed by atoms with E-state index >= 15 is 0 Å². The Morgan fingerprint density at radius 2 is 1.88 bits per heavy atom. The van der Waals surface area contributed by atoms with Gasteiger partial charge in [0, 0.05) is 50.8 Å². The first-order chi connectivity index (χ1) is 11.8. The van der Waals surface area contributed by atoms with E-state index in [0.29, 0.717) is 11.9 Å². The smallest absolute Gasteiger partial charge is 0.222 e. The highest BCUT2D eigenvalue weighted by Crippen LogP contribution is 2.28. The third kappa shape index (κ3) is 3.49. The first-order valence-electron chi connectivity index (χ1n) is 9.51. The van der Waals surface area contributed by atoms with Crippen LogP contribution in [0.3, 0.4) is 0 Å². The van der Waals surface area contributed by atoms with Crippen LogP contribution in [0.15, 0.2) is 6.07 Å². The molecule has 2 aliphatic heterocycles. The summed E-state index contributed by atoms with van der Waals surface area (Å²) in [6.45, 7) is 6.02. The van der Waals surface area contributed by atoms with Crippen molar-refractivity contribution >= 4 is 11.8 Å². The quantitative estimate of drug-likeness (QED) is 0.914. The fourth-order valence-corrected chi connectivity index (χ4v) is 4.41. The molecular formula is C18H29N5O. The second-order valence-electron chi connectivity index (χ2n) is 7.38. The summed E-state index contributed by atoms with van der Waals surface area (Å²) in [6.07, 6.45) is 7.80. The van der Waals surface area contributed by atoms with Crippen LogP contribution in [0, 0.1) is 0 Å². The molecular weight excluding hydrogens is 302 g/mol. The van der Waals surface area contributed by atoms with Gasteiger partial charge in [0.05, 0.1) is 12.3 Å². The molecule has 1 aliphatic carbocycles. The van der Waals surface area contributed by atoms with Crippen molar-refractivity contribution in [3.63, 3.8) is 0 Å². The van der Waals surface area contributed by atoms with Gasteiger partial charge in [-0.25, -0.2) is 4.98 Å². The molecule has 6 nitrogen and oxygen atoms in total. The molecule has 132 valence electrons. The zero-order valence-corrected chi connectivity index (χ0v) is 14.5. The van der Waals surface area contributed by atoms with E-state index in [9.17, 15) is 0 Å². The minimum Gasteiger partial charge on any atom is -0.381 e. The molecule has 0 spiro atoms. The molecule has 1 unspecified atom stereocenters. The average molecular weight is 331 g/mol. The SMILES string of the molecule is Nc1nc(C2CCOC2)cc(N2CCCN(C3CCCC3)CC2)n1. The summed E-state index contributed by atoms with van der Waals surface area (Å²) >= 11 is 0. The van der Waals surface area contributed by atoms with Gasteiger partial charge in [-0.15, -0.1) is 0 Å². The molecule has 2 N–H and O–H groups in total. The van der Waals surface area contributed by atoms with Gasteiger partial charge in [-0.3, -0.25) is 4.90 Å². The molecule has 3 heterocycles. The highest BCUT2D eigenvalue weighted by molar-refractivity contribution is 5.44. The average Bonchev–Trinajstić information content (AvgIpc) is 3.25. The molecule has 3 aliphatic rings. The van der Waals surface area contributed by atoms with E-state index in [1.165, 1.54) is 38.6 Å². The highest BCUT2D eigenvalue weighted by atomic mass is 16.5. The number of nitrogens with zero attached hydrogens (tertiary/aromatic N) is 4. The zero-order chi connectivity index (χ0) is 16.4. The minimum absolute atomic E-state index is 0.371. The summed E-state index contributed by atoms with van der Waals surface area (Å²) in [4.78, 5) is 14.1. The van der Waals surface area contributed by atoms with Crippen molar-refractivity contribution < 1.29 is 4.74 Å². The number of aromatic nitrogens is 2.